The molecule has 0 aliphatic carbocycles. The summed E-state index contributed by atoms with van der Waals surface area (Å²) in [4.78, 5) is 85.6. The lowest BCUT2D eigenvalue weighted by Crippen LogP contribution is -2.63. The number of alkyl halides is 1. The third-order valence-corrected chi connectivity index (χ3v) is 6.77. The molecule has 0 bridgehead atoms. The van der Waals surface area contributed by atoms with Gasteiger partial charge in [0.2, 0.25) is 11.8 Å². The van der Waals surface area contributed by atoms with E-state index in [0.717, 1.165) is 0 Å². The van der Waals surface area contributed by atoms with Gasteiger partial charge in [0.15, 0.2) is 0 Å². The van der Waals surface area contributed by atoms with Crippen molar-refractivity contribution in [2.24, 2.45) is 0 Å². The van der Waals surface area contributed by atoms with Gasteiger partial charge in [0.1, 0.15) is 18.5 Å². The number of unbranched alkanes of at least 4 members (excludes halogenated alkanes) is 1. The van der Waals surface area contributed by atoms with Crippen LogP contribution in [0.3, 0.4) is 0 Å². The molecule has 1 aromatic carbocycles. The number of nitrogens with zero attached hydrogens (tertiary/aromatic N) is 5. The van der Waals surface area contributed by atoms with Crippen LogP contribution in [0.5, 0.6) is 0 Å². The van der Waals surface area contributed by atoms with Crippen LogP contribution in [0.4, 0.5) is 9.18 Å². The zero-order valence-electron chi connectivity index (χ0n) is 23.4. The molecule has 4 N–H and O–H groups in total. The van der Waals surface area contributed by atoms with Gasteiger partial charge in [0.25, 0.3) is 5.91 Å². The van der Waals surface area contributed by atoms with Crippen LogP contribution in [-0.2, 0) is 30.4 Å². The van der Waals surface area contributed by atoms with E-state index in [4.69, 9.17) is 5.11 Å². The van der Waals surface area contributed by atoms with Gasteiger partial charge in [0, 0.05) is 18.5 Å². The fourth-order valence-electron chi connectivity index (χ4n) is 4.55. The molecule has 1 aromatic heterocycles. The highest BCUT2D eigenvalue weighted by Gasteiger charge is 2.48. The Morgan fingerprint density at radius 3 is 2.07 bits per heavy atom. The minimum Gasteiger partial charge on any atom is -0.481 e. The quantitative estimate of drug-likeness (QED) is 0.144. The molecule has 2 atom stereocenters. The van der Waals surface area contributed by atoms with Gasteiger partial charge < -0.3 is 20.6 Å². The number of hydrogen-bond acceptors (Lipinski definition) is 9. The van der Waals surface area contributed by atoms with Crippen molar-refractivity contribution in [2.75, 3.05) is 13.2 Å². The normalized spacial score (nSPS) is 14.8. The molecule has 5 amide bonds. The van der Waals surface area contributed by atoms with E-state index in [1.165, 1.54) is 4.68 Å². The van der Waals surface area contributed by atoms with Crippen LogP contribution in [0.2, 0.25) is 0 Å². The zero-order chi connectivity index (χ0) is 32.4. The lowest BCUT2D eigenvalue weighted by Gasteiger charge is -2.38. The monoisotopic (exact) mass is 618 g/mol. The van der Waals surface area contributed by atoms with Crippen molar-refractivity contribution in [1.29, 1.82) is 0 Å². The highest BCUT2D eigenvalue weighted by atomic mass is 19.1. The summed E-state index contributed by atoms with van der Waals surface area (Å²) < 4.78 is 13.9. The second kappa shape index (κ2) is 15.3. The maximum Gasteiger partial charge on any atom is 0.335 e. The Morgan fingerprint density at radius 2 is 1.50 bits per heavy atom. The van der Waals surface area contributed by atoms with Crippen LogP contribution in [-0.4, -0.2) is 107 Å². The number of nitrogens with one attached hydrogen (secondary N) is 1. The van der Waals surface area contributed by atoms with Crippen molar-refractivity contribution in [2.45, 2.75) is 63.5 Å². The van der Waals surface area contributed by atoms with E-state index in [2.05, 4.69) is 15.6 Å². The first kappa shape index (κ1) is 33.3. The Labute approximate surface area is 249 Å². The number of aliphatic carboxylic acids is 3. The number of halogens is 1. The van der Waals surface area contributed by atoms with Crippen molar-refractivity contribution < 1.29 is 53.3 Å². The molecule has 3 rings (SSSR count). The van der Waals surface area contributed by atoms with E-state index in [-0.39, 0.29) is 30.7 Å². The van der Waals surface area contributed by atoms with Gasteiger partial charge in [-0.2, -0.15) is 0 Å². The van der Waals surface area contributed by atoms with Gasteiger partial charge in [-0.3, -0.25) is 23.6 Å². The molecule has 0 unspecified atom stereocenters. The molecule has 0 saturated carbocycles. The van der Waals surface area contributed by atoms with Gasteiger partial charge in [-0.25, -0.2) is 28.9 Å². The summed E-state index contributed by atoms with van der Waals surface area (Å²) in [7, 11) is 0. The number of urea groups is 1. The van der Waals surface area contributed by atoms with Crippen molar-refractivity contribution in [3.63, 3.8) is 0 Å². The molecule has 44 heavy (non-hydrogen) atoms. The molecular weight excluding hydrogens is 587 g/mol. The summed E-state index contributed by atoms with van der Waals surface area (Å²) in [5.74, 6) is -7.33. The van der Waals surface area contributed by atoms with Crippen LogP contribution in [0.25, 0.3) is 5.69 Å². The van der Waals surface area contributed by atoms with Crippen molar-refractivity contribution in [3.8, 4) is 5.69 Å². The summed E-state index contributed by atoms with van der Waals surface area (Å²) in [6.45, 7) is -0.335. The number of carboxylic acid groups (broad SMARTS) is 3. The second-order valence-corrected chi connectivity index (χ2v) is 9.87. The van der Waals surface area contributed by atoms with E-state index in [9.17, 15) is 48.2 Å². The fraction of sp³-hybridized carbons (Fsp3) is 0.444. The van der Waals surface area contributed by atoms with Crippen molar-refractivity contribution >= 4 is 41.7 Å². The number of carbonyl (C=O) groups excluding carboxylic acids is 4. The minimum atomic E-state index is -1.90. The number of carbonyl (C=O) groups is 7. The topological polar surface area (TPSA) is 229 Å². The molecule has 0 radical (unpaired) electrons. The third kappa shape index (κ3) is 8.42. The van der Waals surface area contributed by atoms with Gasteiger partial charge >= 0.3 is 23.9 Å². The SMILES string of the molecule is O=C(O)CC[C@@H](C(=O)O)N1C(=O)CC(=O)N([C@@H](CCCCNC(=O)c2ccc(-n3cc(CCCF)nn3)cc2)C(=O)O)C1=O. The lowest BCUT2D eigenvalue weighted by molar-refractivity contribution is -0.158. The number of aromatic nitrogens is 3. The Morgan fingerprint density at radius 1 is 0.886 bits per heavy atom. The molecular formula is C27H31FN6O10. The van der Waals surface area contributed by atoms with E-state index >= 15 is 0 Å². The molecule has 16 nitrogen and oxygen atoms in total. The highest BCUT2D eigenvalue weighted by molar-refractivity contribution is 6.16. The lowest BCUT2D eigenvalue weighted by atomic mass is 10.0. The van der Waals surface area contributed by atoms with Crippen LogP contribution in [0.1, 0.15) is 61.0 Å². The minimum absolute atomic E-state index is 0.122. The van der Waals surface area contributed by atoms with Gasteiger partial charge in [0.05, 0.1) is 24.3 Å². The van der Waals surface area contributed by atoms with E-state index in [1.807, 2.05) is 0 Å². The first-order chi connectivity index (χ1) is 20.9. The van der Waals surface area contributed by atoms with Crippen molar-refractivity contribution in [1.82, 2.24) is 30.1 Å². The molecule has 1 fully saturated rings. The Bertz CT molecular complexity index is 1410. The predicted octanol–water partition coefficient (Wildman–Crippen LogP) is 1.02. The third-order valence-electron chi connectivity index (χ3n) is 6.77. The summed E-state index contributed by atoms with van der Waals surface area (Å²) in [5.41, 5.74) is 1.61. The number of carboxylic acids is 3. The van der Waals surface area contributed by atoms with Crippen LogP contribution in [0.15, 0.2) is 30.5 Å². The molecule has 1 saturated heterocycles. The largest absolute Gasteiger partial charge is 0.481 e. The van der Waals surface area contributed by atoms with Gasteiger partial charge in [-0.1, -0.05) is 5.21 Å². The number of imide groups is 2. The van der Waals surface area contributed by atoms with E-state index in [1.54, 1.807) is 30.5 Å². The van der Waals surface area contributed by atoms with Crippen molar-refractivity contribution in [3.05, 3.63) is 41.7 Å². The highest BCUT2D eigenvalue weighted by Crippen LogP contribution is 2.23. The number of barbiturate groups is 1. The Hall–Kier alpha value is -5.22. The fourth-order valence-corrected chi connectivity index (χ4v) is 4.55. The zero-order valence-corrected chi connectivity index (χ0v) is 23.4. The summed E-state index contributed by atoms with van der Waals surface area (Å²) in [6, 6.07) is 1.35. The molecule has 17 heteroatoms. The summed E-state index contributed by atoms with van der Waals surface area (Å²) >= 11 is 0. The Balaban J connectivity index is 1.55. The molecule has 236 valence electrons. The van der Waals surface area contributed by atoms with E-state index < -0.39 is 79.7 Å². The average molecular weight is 619 g/mol. The molecule has 2 aromatic rings. The van der Waals surface area contributed by atoms with E-state index in [0.29, 0.717) is 34.7 Å². The van der Waals surface area contributed by atoms with Gasteiger partial charge in [-0.05, 0) is 62.8 Å². The van der Waals surface area contributed by atoms with Crippen LogP contribution >= 0.6 is 0 Å². The number of rotatable bonds is 17. The van der Waals surface area contributed by atoms with Crippen LogP contribution < -0.4 is 5.32 Å². The maximum atomic E-state index is 13.0. The number of benzene rings is 1. The molecule has 2 heterocycles. The first-order valence-corrected chi connectivity index (χ1v) is 13.7. The standard InChI is InChI=1S/C27H31FN6O10/c28-12-3-4-17-15-32(31-30-17)18-8-6-16(7-9-18)24(39)29-13-2-1-5-19(25(40)41)33-21(35)14-22(36)34(27(33)44)20(26(42)43)10-11-23(37)38/h6-9,15,19-20H,1-5,10-14H2,(H,29,39)(H,37,38)(H,40,41)(H,42,43)/t19-,20-/m0/s1. The van der Waals surface area contributed by atoms with Crippen LogP contribution in [0, 0.1) is 0 Å². The summed E-state index contributed by atoms with van der Waals surface area (Å²) in [5, 5.41) is 38.7. The second-order valence-electron chi connectivity index (χ2n) is 9.87. The Kier molecular flexibility index (Phi) is 11.6. The molecule has 1 aliphatic heterocycles. The summed E-state index contributed by atoms with van der Waals surface area (Å²) in [6.07, 6.45) is 0.302. The first-order valence-electron chi connectivity index (χ1n) is 13.7. The predicted molar refractivity (Wildman–Crippen MR) is 145 cm³/mol. The smallest absolute Gasteiger partial charge is 0.335 e. The average Bonchev–Trinajstić information content (AvgIpc) is 3.45. The number of aryl methyl sites for hydroxylation is 1. The molecule has 0 spiro atoms. The number of hydrogen-bond donors (Lipinski definition) is 4. The molecule has 1 aliphatic rings. The number of amides is 5. The maximum absolute atomic E-state index is 13.0. The van der Waals surface area contributed by atoms with Gasteiger partial charge in [-0.15, -0.1) is 5.10 Å².